The molecule has 0 spiro atoms. The van der Waals surface area contributed by atoms with Gasteiger partial charge < -0.3 is 20.5 Å². The summed E-state index contributed by atoms with van der Waals surface area (Å²) in [5.41, 5.74) is 7.01. The summed E-state index contributed by atoms with van der Waals surface area (Å²) in [5, 5.41) is 2.68. The molecular weight excluding hydrogens is 320 g/mol. The van der Waals surface area contributed by atoms with Gasteiger partial charge in [0.1, 0.15) is 6.04 Å². The van der Waals surface area contributed by atoms with Crippen LogP contribution in [0, 0.1) is 0 Å². The smallest absolute Gasteiger partial charge is 0.244 e. The number of hydrogen-bond acceptors (Lipinski definition) is 4. The average molecular weight is 342 g/mol. The van der Waals surface area contributed by atoms with Crippen LogP contribution >= 0.6 is 0 Å². The lowest BCUT2D eigenvalue weighted by Gasteiger charge is -2.16. The van der Waals surface area contributed by atoms with E-state index in [0.717, 1.165) is 5.56 Å². The molecule has 0 radical (unpaired) electrons. The summed E-state index contributed by atoms with van der Waals surface area (Å²) in [4.78, 5) is 23.8. The van der Waals surface area contributed by atoms with E-state index in [1.54, 1.807) is 44.6 Å². The molecule has 2 amide bonds. The highest BCUT2D eigenvalue weighted by molar-refractivity contribution is 5.87. The Bertz CT molecular complexity index is 731. The number of amides is 2. The highest BCUT2D eigenvalue weighted by Gasteiger charge is 2.19. The van der Waals surface area contributed by atoms with Gasteiger partial charge in [0.15, 0.2) is 11.5 Å². The topological polar surface area (TPSA) is 90.6 Å². The third-order valence-electron chi connectivity index (χ3n) is 3.81. The van der Waals surface area contributed by atoms with Crippen LogP contribution in [0.5, 0.6) is 11.5 Å². The lowest BCUT2D eigenvalue weighted by molar-refractivity contribution is -0.127. The molecule has 0 saturated carbocycles. The number of rotatable bonds is 8. The van der Waals surface area contributed by atoms with Crippen LogP contribution in [0.2, 0.25) is 0 Å². The van der Waals surface area contributed by atoms with Crippen molar-refractivity contribution >= 4 is 11.8 Å². The third-order valence-corrected chi connectivity index (χ3v) is 3.81. The summed E-state index contributed by atoms with van der Waals surface area (Å²) in [7, 11) is 3.13. The molecule has 1 unspecified atom stereocenters. The number of hydrogen-bond donors (Lipinski definition) is 2. The molecule has 0 saturated heterocycles. The Kier molecular flexibility index (Phi) is 6.39. The fourth-order valence-electron chi connectivity index (χ4n) is 2.49. The minimum atomic E-state index is -0.834. The Morgan fingerprint density at radius 3 is 2.32 bits per heavy atom. The molecule has 3 N–H and O–H groups in total. The summed E-state index contributed by atoms with van der Waals surface area (Å²) in [5.74, 6) is 0.404. The van der Waals surface area contributed by atoms with E-state index in [1.165, 1.54) is 0 Å². The highest BCUT2D eigenvalue weighted by Crippen LogP contribution is 2.28. The Labute approximate surface area is 146 Å². The van der Waals surface area contributed by atoms with Crippen LogP contribution in [0.3, 0.4) is 0 Å². The summed E-state index contributed by atoms with van der Waals surface area (Å²) in [6, 6.07) is 13.6. The van der Waals surface area contributed by atoms with Crippen LogP contribution in [0.4, 0.5) is 0 Å². The van der Waals surface area contributed by atoms with Crippen LogP contribution in [0.25, 0.3) is 0 Å². The van der Waals surface area contributed by atoms with Crippen molar-refractivity contribution in [2.45, 2.75) is 18.9 Å². The summed E-state index contributed by atoms with van der Waals surface area (Å²) in [6.07, 6.45) is 0.735. The van der Waals surface area contributed by atoms with Crippen LogP contribution in [0.1, 0.15) is 23.6 Å². The van der Waals surface area contributed by atoms with Gasteiger partial charge in [0.25, 0.3) is 0 Å². The Morgan fingerprint density at radius 2 is 1.72 bits per heavy atom. The van der Waals surface area contributed by atoms with Crippen LogP contribution in [0.15, 0.2) is 48.5 Å². The third kappa shape index (κ3) is 4.97. The lowest BCUT2D eigenvalue weighted by atomic mass is 10.1. The number of nitrogens with two attached hydrogens (primary N) is 1. The van der Waals surface area contributed by atoms with Gasteiger partial charge in [0.05, 0.1) is 14.2 Å². The molecule has 0 aromatic heterocycles. The van der Waals surface area contributed by atoms with Gasteiger partial charge in [0.2, 0.25) is 11.8 Å². The number of primary amides is 1. The van der Waals surface area contributed by atoms with E-state index in [9.17, 15) is 9.59 Å². The monoisotopic (exact) mass is 342 g/mol. The molecule has 132 valence electrons. The van der Waals surface area contributed by atoms with Crippen molar-refractivity contribution in [3.05, 3.63) is 59.7 Å². The average Bonchev–Trinajstić information content (AvgIpc) is 2.64. The fraction of sp³-hybridized carbons (Fsp3) is 0.263. The van der Waals surface area contributed by atoms with Crippen LogP contribution < -0.4 is 20.5 Å². The molecule has 2 aromatic rings. The molecule has 1 atom stereocenters. The second kappa shape index (κ2) is 8.73. The van der Waals surface area contributed by atoms with Crippen LogP contribution in [-0.2, 0) is 16.0 Å². The number of carbonyl (C=O) groups is 2. The SMILES string of the molecule is COc1ccc(CCC(=O)NC(C(N)=O)c2ccccc2)cc1OC. The van der Waals surface area contributed by atoms with Crippen molar-refractivity contribution in [2.75, 3.05) is 14.2 Å². The molecule has 2 aromatic carbocycles. The van der Waals surface area contributed by atoms with E-state index in [-0.39, 0.29) is 12.3 Å². The van der Waals surface area contributed by atoms with Crippen LogP contribution in [-0.4, -0.2) is 26.0 Å². The Hall–Kier alpha value is -3.02. The largest absolute Gasteiger partial charge is 0.493 e. The quantitative estimate of drug-likeness (QED) is 0.767. The van der Waals surface area contributed by atoms with Gasteiger partial charge in [-0.3, -0.25) is 9.59 Å². The molecule has 6 nitrogen and oxygen atoms in total. The maximum atomic E-state index is 12.2. The van der Waals surface area contributed by atoms with E-state index < -0.39 is 11.9 Å². The highest BCUT2D eigenvalue weighted by atomic mass is 16.5. The minimum Gasteiger partial charge on any atom is -0.493 e. The van der Waals surface area contributed by atoms with Crippen molar-refractivity contribution in [3.8, 4) is 11.5 Å². The lowest BCUT2D eigenvalue weighted by Crippen LogP contribution is -2.37. The zero-order valence-corrected chi connectivity index (χ0v) is 14.3. The van der Waals surface area contributed by atoms with Crippen molar-refractivity contribution in [3.63, 3.8) is 0 Å². The molecule has 0 heterocycles. The number of methoxy groups -OCH3 is 2. The molecule has 25 heavy (non-hydrogen) atoms. The summed E-state index contributed by atoms with van der Waals surface area (Å²) in [6.45, 7) is 0. The van der Waals surface area contributed by atoms with Gasteiger partial charge >= 0.3 is 0 Å². The fourth-order valence-corrected chi connectivity index (χ4v) is 2.49. The number of aryl methyl sites for hydroxylation is 1. The van der Waals surface area contributed by atoms with Crippen molar-refractivity contribution in [2.24, 2.45) is 5.73 Å². The first-order chi connectivity index (χ1) is 12.0. The van der Waals surface area contributed by atoms with Gasteiger partial charge in [0, 0.05) is 6.42 Å². The first-order valence-corrected chi connectivity index (χ1v) is 7.89. The normalized spacial score (nSPS) is 11.4. The number of ether oxygens (including phenoxy) is 2. The molecule has 0 bridgehead atoms. The van der Waals surface area contributed by atoms with E-state index in [0.29, 0.717) is 23.5 Å². The van der Waals surface area contributed by atoms with Crippen molar-refractivity contribution in [1.82, 2.24) is 5.32 Å². The Morgan fingerprint density at radius 1 is 1.04 bits per heavy atom. The van der Waals surface area contributed by atoms with Gasteiger partial charge in [-0.15, -0.1) is 0 Å². The first-order valence-electron chi connectivity index (χ1n) is 7.89. The second-order valence-corrected chi connectivity index (χ2v) is 5.50. The van der Waals surface area contributed by atoms with Gasteiger partial charge in [-0.25, -0.2) is 0 Å². The van der Waals surface area contributed by atoms with Gasteiger partial charge in [-0.2, -0.15) is 0 Å². The molecule has 0 aliphatic carbocycles. The molecule has 0 aliphatic rings. The zero-order chi connectivity index (χ0) is 18.2. The predicted molar refractivity (Wildman–Crippen MR) is 94.4 cm³/mol. The molecule has 6 heteroatoms. The number of benzene rings is 2. The molecule has 0 fully saturated rings. The van der Waals surface area contributed by atoms with E-state index in [4.69, 9.17) is 15.2 Å². The summed E-state index contributed by atoms with van der Waals surface area (Å²) >= 11 is 0. The maximum absolute atomic E-state index is 12.2. The predicted octanol–water partition coefficient (Wildman–Crippen LogP) is 1.98. The number of nitrogens with one attached hydrogen (secondary N) is 1. The minimum absolute atomic E-state index is 0.228. The molecule has 0 aliphatic heterocycles. The van der Waals surface area contributed by atoms with E-state index in [2.05, 4.69) is 5.32 Å². The van der Waals surface area contributed by atoms with Gasteiger partial charge in [-0.1, -0.05) is 36.4 Å². The second-order valence-electron chi connectivity index (χ2n) is 5.50. The standard InChI is InChI=1S/C19H22N2O4/c1-24-15-10-8-13(12-16(15)25-2)9-11-17(22)21-18(19(20)23)14-6-4-3-5-7-14/h3-8,10,12,18H,9,11H2,1-2H3,(H2,20,23)(H,21,22). The zero-order valence-electron chi connectivity index (χ0n) is 14.3. The van der Waals surface area contributed by atoms with Crippen molar-refractivity contribution in [1.29, 1.82) is 0 Å². The van der Waals surface area contributed by atoms with E-state index >= 15 is 0 Å². The van der Waals surface area contributed by atoms with E-state index in [1.807, 2.05) is 18.2 Å². The summed E-state index contributed by atoms with van der Waals surface area (Å²) < 4.78 is 10.4. The van der Waals surface area contributed by atoms with Crippen molar-refractivity contribution < 1.29 is 19.1 Å². The Balaban J connectivity index is 1.99. The van der Waals surface area contributed by atoms with Gasteiger partial charge in [-0.05, 0) is 29.7 Å². The number of carbonyl (C=O) groups excluding carboxylic acids is 2. The maximum Gasteiger partial charge on any atom is 0.244 e. The molecular formula is C19H22N2O4. The first kappa shape index (κ1) is 18.3. The molecule has 2 rings (SSSR count).